The first-order chi connectivity index (χ1) is 7.29. The summed E-state index contributed by atoms with van der Waals surface area (Å²) in [5.41, 5.74) is 0.0661. The molecule has 16 heavy (non-hydrogen) atoms. The van der Waals surface area contributed by atoms with E-state index in [0.29, 0.717) is 12.8 Å². The van der Waals surface area contributed by atoms with E-state index in [1.807, 2.05) is 13.8 Å². The van der Waals surface area contributed by atoms with Crippen molar-refractivity contribution >= 4 is 0 Å². The zero-order valence-corrected chi connectivity index (χ0v) is 11.3. The molecule has 0 bridgehead atoms. The van der Waals surface area contributed by atoms with Crippen molar-refractivity contribution in [3.8, 4) is 0 Å². The zero-order chi connectivity index (χ0) is 12.5. The average molecular weight is 232 g/mol. The van der Waals surface area contributed by atoms with Crippen molar-refractivity contribution in [3.05, 3.63) is 0 Å². The van der Waals surface area contributed by atoms with Gasteiger partial charge in [0, 0.05) is 5.92 Å². The summed E-state index contributed by atoms with van der Waals surface area (Å²) in [7, 11) is 0. The smallest absolute Gasteiger partial charge is 0.106 e. The quantitative estimate of drug-likeness (QED) is 0.657. The Morgan fingerprint density at radius 3 is 1.88 bits per heavy atom. The standard InChI is InChI=1S/C14H26F2/c1-6-14(4,5)10-7-11(15)13(9(2)3)12(16)8-10/h9-13H,6-8H2,1-5H3. The Morgan fingerprint density at radius 2 is 1.56 bits per heavy atom. The second-order valence-electron chi connectivity index (χ2n) is 6.36. The molecule has 2 unspecified atom stereocenters. The van der Waals surface area contributed by atoms with Crippen LogP contribution in [0.25, 0.3) is 0 Å². The maximum Gasteiger partial charge on any atom is 0.106 e. The van der Waals surface area contributed by atoms with Crippen LogP contribution in [0.3, 0.4) is 0 Å². The maximum atomic E-state index is 14.0. The number of hydrogen-bond donors (Lipinski definition) is 0. The van der Waals surface area contributed by atoms with E-state index in [4.69, 9.17) is 0 Å². The van der Waals surface area contributed by atoms with Gasteiger partial charge in [0.05, 0.1) is 0 Å². The second-order valence-corrected chi connectivity index (χ2v) is 6.36. The maximum absolute atomic E-state index is 14.0. The molecule has 0 aliphatic heterocycles. The van der Waals surface area contributed by atoms with Gasteiger partial charge in [0.2, 0.25) is 0 Å². The number of alkyl halides is 2. The third kappa shape index (κ3) is 2.75. The van der Waals surface area contributed by atoms with Crippen molar-refractivity contribution in [1.29, 1.82) is 0 Å². The van der Waals surface area contributed by atoms with Gasteiger partial charge in [-0.3, -0.25) is 0 Å². The molecule has 0 amide bonds. The van der Waals surface area contributed by atoms with E-state index in [9.17, 15) is 8.78 Å². The van der Waals surface area contributed by atoms with Crippen LogP contribution in [0.1, 0.15) is 53.9 Å². The van der Waals surface area contributed by atoms with Crippen molar-refractivity contribution < 1.29 is 8.78 Å². The molecule has 0 aromatic carbocycles. The number of halogens is 2. The van der Waals surface area contributed by atoms with Crippen LogP contribution >= 0.6 is 0 Å². The fourth-order valence-electron chi connectivity index (χ4n) is 2.94. The molecule has 1 aliphatic carbocycles. The van der Waals surface area contributed by atoms with Gasteiger partial charge in [0.15, 0.2) is 0 Å². The van der Waals surface area contributed by atoms with Gasteiger partial charge < -0.3 is 0 Å². The van der Waals surface area contributed by atoms with Crippen LogP contribution in [0.4, 0.5) is 8.78 Å². The van der Waals surface area contributed by atoms with Crippen LogP contribution in [0, 0.1) is 23.2 Å². The molecule has 2 atom stereocenters. The predicted octanol–water partition coefficient (Wildman–Crippen LogP) is 4.78. The van der Waals surface area contributed by atoms with Crippen LogP contribution in [-0.2, 0) is 0 Å². The summed E-state index contributed by atoms with van der Waals surface area (Å²) in [5.74, 6) is -0.0860. The lowest BCUT2D eigenvalue weighted by atomic mass is 9.64. The summed E-state index contributed by atoms with van der Waals surface area (Å²) >= 11 is 0. The molecular formula is C14H26F2. The first kappa shape index (κ1) is 13.9. The molecule has 1 fully saturated rings. The third-order valence-corrected chi connectivity index (χ3v) is 4.64. The molecule has 0 aromatic rings. The molecule has 96 valence electrons. The van der Waals surface area contributed by atoms with Gasteiger partial charge in [-0.2, -0.15) is 0 Å². The summed E-state index contributed by atoms with van der Waals surface area (Å²) in [5, 5.41) is 0. The highest BCUT2D eigenvalue weighted by atomic mass is 19.1. The highest BCUT2D eigenvalue weighted by Crippen LogP contribution is 2.45. The third-order valence-electron chi connectivity index (χ3n) is 4.64. The topological polar surface area (TPSA) is 0 Å². The van der Waals surface area contributed by atoms with Crippen molar-refractivity contribution in [2.45, 2.75) is 66.2 Å². The molecule has 0 heterocycles. The molecule has 0 nitrogen and oxygen atoms in total. The Morgan fingerprint density at radius 1 is 1.12 bits per heavy atom. The van der Waals surface area contributed by atoms with Gasteiger partial charge in [-0.15, -0.1) is 0 Å². The van der Waals surface area contributed by atoms with Gasteiger partial charge >= 0.3 is 0 Å². The molecule has 0 saturated heterocycles. The Hall–Kier alpha value is -0.140. The van der Waals surface area contributed by atoms with Crippen LogP contribution in [0.5, 0.6) is 0 Å². The molecular weight excluding hydrogens is 206 g/mol. The fraction of sp³-hybridized carbons (Fsp3) is 1.00. The molecule has 1 aliphatic rings. The first-order valence-corrected chi connectivity index (χ1v) is 6.57. The molecule has 1 saturated carbocycles. The van der Waals surface area contributed by atoms with Gasteiger partial charge in [-0.1, -0.05) is 41.0 Å². The molecule has 0 radical (unpaired) electrons. The van der Waals surface area contributed by atoms with Crippen LogP contribution < -0.4 is 0 Å². The van der Waals surface area contributed by atoms with E-state index in [0.717, 1.165) is 6.42 Å². The summed E-state index contributed by atoms with van der Waals surface area (Å²) in [6.45, 7) is 10.2. The van der Waals surface area contributed by atoms with Crippen molar-refractivity contribution in [2.75, 3.05) is 0 Å². The van der Waals surface area contributed by atoms with E-state index < -0.39 is 12.3 Å². The summed E-state index contributed by atoms with van der Waals surface area (Å²) in [6.07, 6.45) is 0.164. The minimum atomic E-state index is -0.959. The van der Waals surface area contributed by atoms with Crippen LogP contribution in [-0.4, -0.2) is 12.3 Å². The van der Waals surface area contributed by atoms with Crippen LogP contribution in [0.2, 0.25) is 0 Å². The molecule has 0 N–H and O–H groups in total. The minimum absolute atomic E-state index is 0.0661. The van der Waals surface area contributed by atoms with E-state index in [2.05, 4.69) is 20.8 Å². The summed E-state index contributed by atoms with van der Waals surface area (Å²) in [4.78, 5) is 0. The summed E-state index contributed by atoms with van der Waals surface area (Å²) < 4.78 is 28.1. The van der Waals surface area contributed by atoms with Gasteiger partial charge in [0.1, 0.15) is 12.3 Å². The lowest BCUT2D eigenvalue weighted by Gasteiger charge is -2.43. The monoisotopic (exact) mass is 232 g/mol. The number of hydrogen-bond acceptors (Lipinski definition) is 0. The molecule has 0 spiro atoms. The fourth-order valence-corrected chi connectivity index (χ4v) is 2.94. The average Bonchev–Trinajstić information content (AvgIpc) is 2.15. The molecule has 1 rings (SSSR count). The number of rotatable bonds is 3. The minimum Gasteiger partial charge on any atom is -0.247 e. The first-order valence-electron chi connectivity index (χ1n) is 6.57. The Kier molecular flexibility index (Phi) is 4.36. The van der Waals surface area contributed by atoms with Crippen molar-refractivity contribution in [3.63, 3.8) is 0 Å². The van der Waals surface area contributed by atoms with Gasteiger partial charge in [0.25, 0.3) is 0 Å². The normalized spacial score (nSPS) is 36.8. The van der Waals surface area contributed by atoms with E-state index in [-0.39, 0.29) is 23.2 Å². The van der Waals surface area contributed by atoms with Crippen LogP contribution in [0.15, 0.2) is 0 Å². The highest BCUT2D eigenvalue weighted by Gasteiger charge is 2.44. The second kappa shape index (κ2) is 5.01. The predicted molar refractivity (Wildman–Crippen MR) is 64.9 cm³/mol. The molecule has 2 heteroatoms. The Bertz CT molecular complexity index is 211. The van der Waals surface area contributed by atoms with E-state index >= 15 is 0 Å². The largest absolute Gasteiger partial charge is 0.247 e. The van der Waals surface area contributed by atoms with Crippen molar-refractivity contribution in [2.24, 2.45) is 23.2 Å². The highest BCUT2D eigenvalue weighted by molar-refractivity contribution is 4.92. The van der Waals surface area contributed by atoms with Gasteiger partial charge in [-0.25, -0.2) is 8.78 Å². The molecule has 0 aromatic heterocycles. The Balaban J connectivity index is 2.73. The van der Waals surface area contributed by atoms with E-state index in [1.165, 1.54) is 0 Å². The lowest BCUT2D eigenvalue weighted by molar-refractivity contribution is -0.0175. The summed E-state index contributed by atoms with van der Waals surface area (Å²) in [6, 6.07) is 0. The Labute approximate surface area is 98.8 Å². The lowest BCUT2D eigenvalue weighted by Crippen LogP contribution is -2.42. The van der Waals surface area contributed by atoms with E-state index in [1.54, 1.807) is 0 Å². The SMILES string of the molecule is CCC(C)(C)C1CC(F)C(C(C)C)C(F)C1. The van der Waals surface area contributed by atoms with Gasteiger partial charge in [-0.05, 0) is 30.1 Å². The van der Waals surface area contributed by atoms with Crippen molar-refractivity contribution in [1.82, 2.24) is 0 Å². The zero-order valence-electron chi connectivity index (χ0n) is 11.3.